The van der Waals surface area contributed by atoms with Gasteiger partial charge in [0.2, 0.25) is 0 Å². The Labute approximate surface area is 202 Å². The molecule has 5 heteroatoms. The Morgan fingerprint density at radius 2 is 1.26 bits per heavy atom. The van der Waals surface area contributed by atoms with Gasteiger partial charge in [-0.2, -0.15) is 0 Å². The molecular formula is C30H26N2O3. The van der Waals surface area contributed by atoms with Crippen molar-refractivity contribution in [3.63, 3.8) is 0 Å². The molecule has 1 atom stereocenters. The average molecular weight is 463 g/mol. The summed E-state index contributed by atoms with van der Waals surface area (Å²) in [4.78, 5) is 42.1. The predicted octanol–water partition coefficient (Wildman–Crippen LogP) is 5.44. The average Bonchev–Trinajstić information content (AvgIpc) is 3.29. The maximum absolute atomic E-state index is 14.2. The van der Waals surface area contributed by atoms with E-state index in [9.17, 15) is 14.4 Å². The molecule has 0 saturated heterocycles. The molecule has 0 N–H and O–H groups in total. The minimum Gasteiger partial charge on any atom is -0.289 e. The number of Topliss-reactive ketones (excluding diaryl/α,β-unsaturated/α-hetero) is 1. The Balaban J connectivity index is 1.74. The summed E-state index contributed by atoms with van der Waals surface area (Å²) in [6, 6.07) is 25.2. The number of ketones is 1. The molecule has 6 rings (SSSR count). The summed E-state index contributed by atoms with van der Waals surface area (Å²) in [5.41, 5.74) is 1.91. The first-order valence-electron chi connectivity index (χ1n) is 12.3. The largest absolute Gasteiger partial charge is 0.289 e. The monoisotopic (exact) mass is 462 g/mol. The third-order valence-electron chi connectivity index (χ3n) is 7.45. The summed E-state index contributed by atoms with van der Waals surface area (Å²) in [6.45, 7) is 0. The van der Waals surface area contributed by atoms with E-state index >= 15 is 0 Å². The van der Waals surface area contributed by atoms with E-state index < -0.39 is 6.04 Å². The van der Waals surface area contributed by atoms with Crippen LogP contribution < -0.4 is 11.1 Å². The Morgan fingerprint density at radius 1 is 0.686 bits per heavy atom. The molecule has 1 aromatic heterocycles. The predicted molar refractivity (Wildman–Crippen MR) is 138 cm³/mol. The van der Waals surface area contributed by atoms with Crippen LogP contribution in [0.3, 0.4) is 0 Å². The van der Waals surface area contributed by atoms with Crippen molar-refractivity contribution in [2.24, 2.45) is 5.92 Å². The van der Waals surface area contributed by atoms with Crippen molar-refractivity contribution in [1.82, 2.24) is 9.36 Å². The van der Waals surface area contributed by atoms with E-state index in [1.807, 2.05) is 48.5 Å². The summed E-state index contributed by atoms with van der Waals surface area (Å²) < 4.78 is 3.09. The van der Waals surface area contributed by atoms with E-state index in [4.69, 9.17) is 0 Å². The van der Waals surface area contributed by atoms with Crippen LogP contribution in [-0.4, -0.2) is 15.1 Å². The highest BCUT2D eigenvalue weighted by Crippen LogP contribution is 2.44. The minimum atomic E-state index is -0.483. The van der Waals surface area contributed by atoms with E-state index in [2.05, 4.69) is 0 Å². The lowest BCUT2D eigenvalue weighted by molar-refractivity contribution is 0.101. The van der Waals surface area contributed by atoms with Gasteiger partial charge in [-0.3, -0.25) is 14.4 Å². The van der Waals surface area contributed by atoms with Crippen LogP contribution >= 0.6 is 0 Å². The minimum absolute atomic E-state index is 0.108. The van der Waals surface area contributed by atoms with E-state index in [0.29, 0.717) is 27.6 Å². The maximum Gasteiger partial charge on any atom is 0.278 e. The first-order chi connectivity index (χ1) is 17.2. The highest BCUT2D eigenvalue weighted by atomic mass is 16.2. The van der Waals surface area contributed by atoms with E-state index in [1.54, 1.807) is 41.1 Å². The summed E-state index contributed by atoms with van der Waals surface area (Å²) in [5, 5.41) is 0.772. The zero-order valence-corrected chi connectivity index (χ0v) is 19.4. The molecule has 1 saturated carbocycles. The van der Waals surface area contributed by atoms with Gasteiger partial charge in [0.25, 0.3) is 11.1 Å². The second-order valence-electron chi connectivity index (χ2n) is 9.48. The van der Waals surface area contributed by atoms with Gasteiger partial charge in [0.1, 0.15) is 0 Å². The lowest BCUT2D eigenvalue weighted by Crippen LogP contribution is -2.39. The molecule has 35 heavy (non-hydrogen) atoms. The lowest BCUT2D eigenvalue weighted by atomic mass is 9.78. The molecule has 2 aliphatic rings. The quantitative estimate of drug-likeness (QED) is 0.380. The number of fused-ring (bicyclic) bond motifs is 2. The smallest absolute Gasteiger partial charge is 0.278 e. The second kappa shape index (κ2) is 8.66. The van der Waals surface area contributed by atoms with Crippen LogP contribution in [0.2, 0.25) is 0 Å². The summed E-state index contributed by atoms with van der Waals surface area (Å²) in [6.07, 6.45) is 5.11. The summed E-state index contributed by atoms with van der Waals surface area (Å²) >= 11 is 0. The van der Waals surface area contributed by atoms with Crippen LogP contribution in [0.5, 0.6) is 0 Å². The zero-order chi connectivity index (χ0) is 23.9. The second-order valence-corrected chi connectivity index (χ2v) is 9.48. The van der Waals surface area contributed by atoms with Crippen LogP contribution in [0.4, 0.5) is 0 Å². The van der Waals surface area contributed by atoms with Gasteiger partial charge in [0.15, 0.2) is 5.78 Å². The van der Waals surface area contributed by atoms with Gasteiger partial charge in [0, 0.05) is 11.1 Å². The molecule has 4 aromatic rings. The van der Waals surface area contributed by atoms with Crippen LogP contribution in [0.1, 0.15) is 54.1 Å². The number of hydrogen-bond acceptors (Lipinski definition) is 3. The molecule has 0 bridgehead atoms. The Kier molecular flexibility index (Phi) is 5.33. The number of allylic oxidation sites excluding steroid dienone is 1. The van der Waals surface area contributed by atoms with Crippen molar-refractivity contribution >= 4 is 22.3 Å². The lowest BCUT2D eigenvalue weighted by Gasteiger charge is -2.30. The number of benzene rings is 3. The normalized spacial score (nSPS) is 18.1. The SMILES string of the molecule is O=C(C1=C(c2ccccc2)n2c(=O)c3ccccc3c(=O)n2C1C1CCCCC1)c1ccccc1. The van der Waals surface area contributed by atoms with Crippen LogP contribution in [0, 0.1) is 5.92 Å². The third-order valence-corrected chi connectivity index (χ3v) is 7.45. The molecule has 1 aliphatic heterocycles. The van der Waals surface area contributed by atoms with Gasteiger partial charge in [-0.1, -0.05) is 92.1 Å². The fourth-order valence-corrected chi connectivity index (χ4v) is 5.86. The molecule has 3 aromatic carbocycles. The number of hydrogen-bond donors (Lipinski definition) is 0. The van der Waals surface area contributed by atoms with Gasteiger partial charge in [0.05, 0.1) is 28.1 Å². The van der Waals surface area contributed by atoms with Gasteiger partial charge in [-0.15, -0.1) is 0 Å². The van der Waals surface area contributed by atoms with Crippen molar-refractivity contribution < 1.29 is 4.79 Å². The fraction of sp³-hybridized carbons (Fsp3) is 0.233. The highest BCUT2D eigenvalue weighted by molar-refractivity contribution is 6.14. The fourth-order valence-electron chi connectivity index (χ4n) is 5.86. The van der Waals surface area contributed by atoms with Gasteiger partial charge in [-0.05, 0) is 30.9 Å². The molecule has 0 radical (unpaired) electrons. The van der Waals surface area contributed by atoms with Gasteiger partial charge in [-0.25, -0.2) is 9.36 Å². The van der Waals surface area contributed by atoms with Crippen LogP contribution in [-0.2, 0) is 0 Å². The van der Waals surface area contributed by atoms with Crippen LogP contribution in [0.25, 0.3) is 16.5 Å². The molecule has 174 valence electrons. The Morgan fingerprint density at radius 3 is 1.91 bits per heavy atom. The van der Waals surface area contributed by atoms with E-state index in [1.165, 1.54) is 4.68 Å². The molecule has 1 aliphatic carbocycles. The molecular weight excluding hydrogens is 436 g/mol. The Hall–Kier alpha value is -3.99. The first kappa shape index (κ1) is 21.5. The Bertz CT molecular complexity index is 1570. The standard InChI is InChI=1S/C30H26N2O3/c33-28(22-16-8-3-9-17-22)25-26(20-12-4-1-5-13-20)31-29(34)23-18-10-11-19-24(23)30(35)32(31)27(25)21-14-6-2-7-15-21/h1,3-5,8-13,16-19,21,27H,2,6-7,14-15H2. The van der Waals surface area contributed by atoms with E-state index in [-0.39, 0.29) is 22.8 Å². The molecule has 5 nitrogen and oxygen atoms in total. The van der Waals surface area contributed by atoms with Gasteiger partial charge >= 0.3 is 0 Å². The van der Waals surface area contributed by atoms with Crippen molar-refractivity contribution in [2.45, 2.75) is 38.1 Å². The number of carbonyl (C=O) groups is 1. The molecule has 0 amide bonds. The summed E-state index contributed by atoms with van der Waals surface area (Å²) in [5.74, 6) is -0.0174. The van der Waals surface area contributed by atoms with Crippen molar-refractivity contribution in [1.29, 1.82) is 0 Å². The molecule has 2 heterocycles. The van der Waals surface area contributed by atoms with Crippen molar-refractivity contribution in [3.05, 3.63) is 122 Å². The van der Waals surface area contributed by atoms with E-state index in [0.717, 1.165) is 37.7 Å². The van der Waals surface area contributed by atoms with Crippen molar-refractivity contribution in [3.8, 4) is 0 Å². The number of aromatic nitrogens is 2. The number of carbonyl (C=O) groups excluding carboxylic acids is 1. The topological polar surface area (TPSA) is 61.1 Å². The zero-order valence-electron chi connectivity index (χ0n) is 19.4. The number of nitrogens with zero attached hydrogens (tertiary/aromatic N) is 2. The van der Waals surface area contributed by atoms with Crippen molar-refractivity contribution in [2.75, 3.05) is 0 Å². The molecule has 0 spiro atoms. The number of rotatable bonds is 4. The molecule has 1 fully saturated rings. The molecule has 1 unspecified atom stereocenters. The highest BCUT2D eigenvalue weighted by Gasteiger charge is 2.42. The van der Waals surface area contributed by atoms with Gasteiger partial charge < -0.3 is 0 Å². The van der Waals surface area contributed by atoms with Crippen LogP contribution in [0.15, 0.2) is 100 Å². The summed E-state index contributed by atoms with van der Waals surface area (Å²) in [7, 11) is 0. The maximum atomic E-state index is 14.2. The first-order valence-corrected chi connectivity index (χ1v) is 12.3. The third kappa shape index (κ3) is 3.42.